The van der Waals surface area contributed by atoms with Crippen LogP contribution < -0.4 is 10.1 Å². The van der Waals surface area contributed by atoms with Crippen molar-refractivity contribution in [1.29, 1.82) is 5.26 Å². The standard InChI is InChI=1S/C15H18N2O3/c16-11-15(8-4-1-5-9-15)17-14(19)10-20-13-7-3-2-6-12(13)18/h2-3,6-7,18H,1,4-5,8-10H2,(H,17,19). The second kappa shape index (κ2) is 6.29. The van der Waals surface area contributed by atoms with Crippen LogP contribution in [0.2, 0.25) is 0 Å². The van der Waals surface area contributed by atoms with Crippen LogP contribution in [0.5, 0.6) is 11.5 Å². The summed E-state index contributed by atoms with van der Waals surface area (Å²) in [5.41, 5.74) is -0.753. The van der Waals surface area contributed by atoms with E-state index in [4.69, 9.17) is 4.74 Å². The number of hydrogen-bond donors (Lipinski definition) is 2. The molecule has 1 fully saturated rings. The lowest BCUT2D eigenvalue weighted by Crippen LogP contribution is -2.50. The van der Waals surface area contributed by atoms with Crippen molar-refractivity contribution in [2.24, 2.45) is 0 Å². The van der Waals surface area contributed by atoms with Gasteiger partial charge in [0.15, 0.2) is 18.1 Å². The van der Waals surface area contributed by atoms with Gasteiger partial charge in [-0.05, 0) is 25.0 Å². The number of carbonyl (C=O) groups is 1. The maximum atomic E-state index is 11.9. The van der Waals surface area contributed by atoms with Crippen LogP contribution in [0.4, 0.5) is 0 Å². The molecule has 1 saturated carbocycles. The summed E-state index contributed by atoms with van der Waals surface area (Å²) < 4.78 is 5.26. The number of ether oxygens (including phenoxy) is 1. The van der Waals surface area contributed by atoms with Gasteiger partial charge in [-0.2, -0.15) is 5.26 Å². The van der Waals surface area contributed by atoms with E-state index in [2.05, 4.69) is 11.4 Å². The maximum Gasteiger partial charge on any atom is 0.259 e. The largest absolute Gasteiger partial charge is 0.504 e. The summed E-state index contributed by atoms with van der Waals surface area (Å²) in [6.07, 6.45) is 4.38. The average Bonchev–Trinajstić information content (AvgIpc) is 2.47. The topological polar surface area (TPSA) is 82.4 Å². The fourth-order valence-electron chi connectivity index (χ4n) is 2.45. The molecule has 0 bridgehead atoms. The Morgan fingerprint density at radius 2 is 2.05 bits per heavy atom. The van der Waals surface area contributed by atoms with Gasteiger partial charge in [-0.25, -0.2) is 0 Å². The molecule has 0 radical (unpaired) electrons. The van der Waals surface area contributed by atoms with Gasteiger partial charge in [-0.3, -0.25) is 4.79 Å². The van der Waals surface area contributed by atoms with Gasteiger partial charge in [0.05, 0.1) is 6.07 Å². The van der Waals surface area contributed by atoms with Gasteiger partial charge in [-0.15, -0.1) is 0 Å². The number of phenols is 1. The Morgan fingerprint density at radius 1 is 1.35 bits per heavy atom. The Kier molecular flexibility index (Phi) is 4.46. The second-order valence-electron chi connectivity index (χ2n) is 5.06. The number of carbonyl (C=O) groups excluding carboxylic acids is 1. The lowest BCUT2D eigenvalue weighted by atomic mass is 9.83. The molecular weight excluding hydrogens is 256 g/mol. The van der Waals surface area contributed by atoms with Gasteiger partial charge >= 0.3 is 0 Å². The first-order valence-electron chi connectivity index (χ1n) is 6.78. The SMILES string of the molecule is N#CC1(NC(=O)COc2ccccc2O)CCCCC1. The van der Waals surface area contributed by atoms with E-state index in [1.807, 2.05) is 0 Å². The molecule has 5 heteroatoms. The number of para-hydroxylation sites is 2. The van der Waals surface area contributed by atoms with Gasteiger partial charge in [0.2, 0.25) is 0 Å². The molecule has 0 aliphatic heterocycles. The highest BCUT2D eigenvalue weighted by Gasteiger charge is 2.33. The number of benzene rings is 1. The predicted octanol–water partition coefficient (Wildman–Crippen LogP) is 2.11. The van der Waals surface area contributed by atoms with E-state index in [0.717, 1.165) is 19.3 Å². The fraction of sp³-hybridized carbons (Fsp3) is 0.467. The number of rotatable bonds is 4. The number of amides is 1. The van der Waals surface area contributed by atoms with Crippen molar-refractivity contribution in [1.82, 2.24) is 5.32 Å². The highest BCUT2D eigenvalue weighted by Crippen LogP contribution is 2.28. The summed E-state index contributed by atoms with van der Waals surface area (Å²) in [4.78, 5) is 11.9. The predicted molar refractivity (Wildman–Crippen MR) is 73.2 cm³/mol. The molecule has 1 aromatic rings. The van der Waals surface area contributed by atoms with E-state index >= 15 is 0 Å². The molecule has 0 unspecified atom stereocenters. The Balaban J connectivity index is 1.89. The number of nitriles is 1. The third-order valence-electron chi connectivity index (χ3n) is 3.52. The first-order chi connectivity index (χ1) is 9.65. The maximum absolute atomic E-state index is 11.9. The number of aromatic hydroxyl groups is 1. The fourth-order valence-corrected chi connectivity index (χ4v) is 2.45. The van der Waals surface area contributed by atoms with Crippen molar-refractivity contribution >= 4 is 5.91 Å². The van der Waals surface area contributed by atoms with Crippen LogP contribution in [0, 0.1) is 11.3 Å². The molecule has 1 aliphatic carbocycles. The lowest BCUT2D eigenvalue weighted by Gasteiger charge is -2.31. The van der Waals surface area contributed by atoms with Crippen LogP contribution in [0.15, 0.2) is 24.3 Å². The Bertz CT molecular complexity index is 516. The Hall–Kier alpha value is -2.22. The summed E-state index contributed by atoms with van der Waals surface area (Å²) >= 11 is 0. The Morgan fingerprint density at radius 3 is 2.70 bits per heavy atom. The number of phenolic OH excluding ortho intramolecular Hbond substituents is 1. The van der Waals surface area contributed by atoms with Crippen LogP contribution in [-0.2, 0) is 4.79 Å². The molecule has 2 N–H and O–H groups in total. The van der Waals surface area contributed by atoms with Gasteiger partial charge in [-0.1, -0.05) is 31.4 Å². The zero-order valence-corrected chi connectivity index (χ0v) is 11.3. The second-order valence-corrected chi connectivity index (χ2v) is 5.06. The third kappa shape index (κ3) is 3.41. The van der Waals surface area contributed by atoms with Crippen LogP contribution in [0.1, 0.15) is 32.1 Å². The normalized spacial score (nSPS) is 16.9. The monoisotopic (exact) mass is 274 g/mol. The molecule has 1 amide bonds. The molecule has 2 rings (SSSR count). The zero-order valence-electron chi connectivity index (χ0n) is 11.3. The van der Waals surface area contributed by atoms with E-state index in [-0.39, 0.29) is 24.0 Å². The molecule has 0 saturated heterocycles. The minimum atomic E-state index is -0.753. The molecule has 0 atom stereocenters. The van der Waals surface area contributed by atoms with Crippen molar-refractivity contribution in [3.63, 3.8) is 0 Å². The highest BCUT2D eigenvalue weighted by atomic mass is 16.5. The zero-order chi connectivity index (χ0) is 14.4. The van der Waals surface area contributed by atoms with Crippen molar-refractivity contribution in [3.05, 3.63) is 24.3 Å². The van der Waals surface area contributed by atoms with E-state index < -0.39 is 5.54 Å². The van der Waals surface area contributed by atoms with Crippen LogP contribution in [-0.4, -0.2) is 23.2 Å². The summed E-state index contributed by atoms with van der Waals surface area (Å²) in [7, 11) is 0. The summed E-state index contributed by atoms with van der Waals surface area (Å²) in [6.45, 7) is -0.207. The number of nitrogens with zero attached hydrogens (tertiary/aromatic N) is 1. The Labute approximate surface area is 118 Å². The van der Waals surface area contributed by atoms with Crippen molar-refractivity contribution in [2.45, 2.75) is 37.6 Å². The quantitative estimate of drug-likeness (QED) is 0.881. The van der Waals surface area contributed by atoms with Crippen molar-refractivity contribution in [2.75, 3.05) is 6.61 Å². The number of hydrogen-bond acceptors (Lipinski definition) is 4. The molecule has 0 heterocycles. The molecule has 20 heavy (non-hydrogen) atoms. The van der Waals surface area contributed by atoms with Crippen molar-refractivity contribution in [3.8, 4) is 17.6 Å². The van der Waals surface area contributed by atoms with Gasteiger partial charge in [0.1, 0.15) is 5.54 Å². The van der Waals surface area contributed by atoms with E-state index in [1.165, 1.54) is 6.07 Å². The van der Waals surface area contributed by atoms with E-state index in [0.29, 0.717) is 12.8 Å². The molecule has 1 aliphatic rings. The van der Waals surface area contributed by atoms with E-state index in [9.17, 15) is 15.2 Å². The molecule has 5 nitrogen and oxygen atoms in total. The number of nitrogens with one attached hydrogen (secondary N) is 1. The first kappa shape index (κ1) is 14.2. The van der Waals surface area contributed by atoms with Crippen LogP contribution in [0.25, 0.3) is 0 Å². The van der Waals surface area contributed by atoms with Crippen molar-refractivity contribution < 1.29 is 14.6 Å². The summed E-state index contributed by atoms with van der Waals surface area (Å²) in [6, 6.07) is 8.69. The van der Waals surface area contributed by atoms with Gasteiger partial charge in [0, 0.05) is 0 Å². The average molecular weight is 274 g/mol. The lowest BCUT2D eigenvalue weighted by molar-refractivity contribution is -0.124. The minimum Gasteiger partial charge on any atom is -0.504 e. The third-order valence-corrected chi connectivity index (χ3v) is 3.52. The minimum absolute atomic E-state index is 0.00652. The molecule has 1 aromatic carbocycles. The molecular formula is C15H18N2O3. The molecule has 0 aromatic heterocycles. The molecule has 106 valence electrons. The van der Waals surface area contributed by atoms with Crippen LogP contribution in [0.3, 0.4) is 0 Å². The summed E-state index contributed by atoms with van der Waals surface area (Å²) in [5.74, 6) is -0.0815. The molecule has 0 spiro atoms. The van der Waals surface area contributed by atoms with Gasteiger partial charge < -0.3 is 15.2 Å². The highest BCUT2D eigenvalue weighted by molar-refractivity contribution is 5.79. The summed E-state index contributed by atoms with van der Waals surface area (Å²) in [5, 5.41) is 21.6. The van der Waals surface area contributed by atoms with Gasteiger partial charge in [0.25, 0.3) is 5.91 Å². The van der Waals surface area contributed by atoms with Crippen LogP contribution >= 0.6 is 0 Å². The van der Waals surface area contributed by atoms with E-state index in [1.54, 1.807) is 18.2 Å². The first-order valence-corrected chi connectivity index (χ1v) is 6.78. The smallest absolute Gasteiger partial charge is 0.259 e.